The number of hydrogen-bond donors (Lipinski definition) is 2. The number of piperidine rings is 1. The minimum Gasteiger partial charge on any atom is -0.336 e. The van der Waals surface area contributed by atoms with Crippen LogP contribution in [0.25, 0.3) is 0 Å². The fourth-order valence-corrected chi connectivity index (χ4v) is 5.13. The highest BCUT2D eigenvalue weighted by atomic mass is 16.2. The Hall–Kier alpha value is -2.78. The van der Waals surface area contributed by atoms with Crippen LogP contribution in [0, 0.1) is 0 Å². The summed E-state index contributed by atoms with van der Waals surface area (Å²) in [6.45, 7) is 3.43. The van der Waals surface area contributed by atoms with Crippen LogP contribution < -0.4 is 10.6 Å². The van der Waals surface area contributed by atoms with Gasteiger partial charge in [0.15, 0.2) is 0 Å². The molecule has 164 valence electrons. The van der Waals surface area contributed by atoms with Gasteiger partial charge in [-0.3, -0.25) is 29.4 Å². The van der Waals surface area contributed by atoms with E-state index in [4.69, 9.17) is 0 Å². The van der Waals surface area contributed by atoms with E-state index in [2.05, 4.69) is 15.5 Å². The fraction of sp³-hybridized carbons (Fsp3) is 0.545. The number of rotatable bonds is 5. The van der Waals surface area contributed by atoms with Gasteiger partial charge in [0.05, 0.1) is 12.1 Å². The molecule has 2 unspecified atom stereocenters. The number of nitrogens with one attached hydrogen (secondary N) is 2. The normalized spacial score (nSPS) is 26.5. The van der Waals surface area contributed by atoms with E-state index in [0.29, 0.717) is 31.1 Å². The van der Waals surface area contributed by atoms with Crippen LogP contribution >= 0.6 is 0 Å². The molecule has 3 saturated heterocycles. The van der Waals surface area contributed by atoms with Crippen LogP contribution in [-0.4, -0.2) is 83.1 Å². The van der Waals surface area contributed by atoms with Crippen molar-refractivity contribution < 1.29 is 19.2 Å². The number of amides is 4. The molecule has 2 atom stereocenters. The molecule has 4 amide bonds. The maximum absolute atomic E-state index is 13.0. The molecule has 0 saturated carbocycles. The maximum Gasteiger partial charge on any atom is 0.255 e. The zero-order valence-corrected chi connectivity index (χ0v) is 17.6. The molecule has 2 N–H and O–H groups in total. The summed E-state index contributed by atoms with van der Waals surface area (Å²) in [5.41, 5.74) is 2.52. The molecule has 0 aromatic heterocycles. The summed E-state index contributed by atoms with van der Waals surface area (Å²) in [5.74, 6) is -0.684. The van der Waals surface area contributed by atoms with Crippen LogP contribution in [0.5, 0.6) is 0 Å². The molecule has 31 heavy (non-hydrogen) atoms. The molecule has 0 radical (unpaired) electrons. The van der Waals surface area contributed by atoms with Crippen LogP contribution in [0.3, 0.4) is 0 Å². The second-order valence-electron chi connectivity index (χ2n) is 8.91. The molecular weight excluding hydrogens is 398 g/mol. The minimum atomic E-state index is -0.621. The second kappa shape index (κ2) is 7.72. The smallest absolute Gasteiger partial charge is 0.255 e. The van der Waals surface area contributed by atoms with Crippen LogP contribution in [0.1, 0.15) is 40.7 Å². The number of likely N-dealkylation sites (tertiary alicyclic amines) is 1. The molecule has 0 bridgehead atoms. The van der Waals surface area contributed by atoms with Gasteiger partial charge in [-0.2, -0.15) is 0 Å². The molecule has 5 rings (SSSR count). The lowest BCUT2D eigenvalue weighted by Crippen LogP contribution is -2.58. The van der Waals surface area contributed by atoms with Crippen molar-refractivity contribution in [3.05, 3.63) is 34.9 Å². The molecular formula is C22H27N5O4. The molecule has 1 aromatic carbocycles. The Balaban J connectivity index is 1.31. The van der Waals surface area contributed by atoms with Crippen LogP contribution in [-0.2, 0) is 27.5 Å². The predicted octanol–water partition coefficient (Wildman–Crippen LogP) is -0.548. The van der Waals surface area contributed by atoms with E-state index in [1.165, 1.54) is 0 Å². The van der Waals surface area contributed by atoms with Crippen molar-refractivity contribution in [1.29, 1.82) is 0 Å². The molecule has 4 aliphatic rings. The lowest BCUT2D eigenvalue weighted by atomic mass is 10.0. The number of benzene rings is 1. The first-order valence-electron chi connectivity index (χ1n) is 10.9. The number of imide groups is 1. The van der Waals surface area contributed by atoms with Gasteiger partial charge in [0.1, 0.15) is 6.04 Å². The van der Waals surface area contributed by atoms with Gasteiger partial charge in [-0.25, -0.2) is 0 Å². The monoisotopic (exact) mass is 425 g/mol. The van der Waals surface area contributed by atoms with Crippen molar-refractivity contribution in [2.45, 2.75) is 50.5 Å². The van der Waals surface area contributed by atoms with Gasteiger partial charge in [-0.05, 0) is 37.1 Å². The van der Waals surface area contributed by atoms with Gasteiger partial charge in [-0.15, -0.1) is 0 Å². The number of hydrogen-bond acceptors (Lipinski definition) is 6. The average molecular weight is 425 g/mol. The lowest BCUT2D eigenvalue weighted by molar-refractivity contribution is -0.137. The summed E-state index contributed by atoms with van der Waals surface area (Å²) in [5, 5.41) is 5.56. The van der Waals surface area contributed by atoms with Crippen molar-refractivity contribution in [3.8, 4) is 0 Å². The zero-order chi connectivity index (χ0) is 21.7. The van der Waals surface area contributed by atoms with E-state index in [1.54, 1.807) is 11.0 Å². The summed E-state index contributed by atoms with van der Waals surface area (Å²) in [7, 11) is 1.96. The third kappa shape index (κ3) is 3.41. The SMILES string of the molecule is CN(Cc1cccc2c1CN(C1CCC(=O)NC1=O)C2=O)C1CCN(C2CNC2)C1=O. The number of nitrogens with zero attached hydrogens (tertiary/aromatic N) is 3. The standard InChI is InChI=1S/C22H27N5O4/c1-25(18-7-8-26(22(18)31)14-9-23-10-14)11-13-3-2-4-15-16(13)12-27(21(15)30)17-5-6-19(28)24-20(17)29/h2-4,14,17-18,23H,5-12H2,1H3,(H,24,28,29). The van der Waals surface area contributed by atoms with E-state index < -0.39 is 11.9 Å². The Morgan fingerprint density at radius 3 is 2.61 bits per heavy atom. The zero-order valence-electron chi connectivity index (χ0n) is 17.6. The van der Waals surface area contributed by atoms with Crippen molar-refractivity contribution >= 4 is 23.6 Å². The van der Waals surface area contributed by atoms with Gasteiger partial charge < -0.3 is 15.1 Å². The van der Waals surface area contributed by atoms with E-state index >= 15 is 0 Å². The predicted molar refractivity (Wildman–Crippen MR) is 111 cm³/mol. The average Bonchev–Trinajstić information content (AvgIpc) is 3.22. The molecule has 4 aliphatic heterocycles. The van der Waals surface area contributed by atoms with Crippen molar-refractivity contribution in [3.63, 3.8) is 0 Å². The van der Waals surface area contributed by atoms with Gasteiger partial charge in [0.25, 0.3) is 5.91 Å². The quantitative estimate of drug-likeness (QED) is 0.614. The molecule has 3 fully saturated rings. The van der Waals surface area contributed by atoms with Crippen molar-refractivity contribution in [1.82, 2.24) is 25.3 Å². The summed E-state index contributed by atoms with van der Waals surface area (Å²) in [4.78, 5) is 55.3. The fourth-order valence-electron chi connectivity index (χ4n) is 5.13. The Labute approximate surface area is 180 Å². The molecule has 0 spiro atoms. The summed E-state index contributed by atoms with van der Waals surface area (Å²) in [6.07, 6.45) is 1.40. The molecule has 0 aliphatic carbocycles. The van der Waals surface area contributed by atoms with Gasteiger partial charge >= 0.3 is 0 Å². The number of carbonyl (C=O) groups excluding carboxylic acids is 4. The van der Waals surface area contributed by atoms with E-state index in [9.17, 15) is 19.2 Å². The molecule has 9 nitrogen and oxygen atoms in total. The maximum atomic E-state index is 13.0. The highest BCUT2D eigenvalue weighted by Gasteiger charge is 2.42. The summed E-state index contributed by atoms with van der Waals surface area (Å²) >= 11 is 0. The first kappa shape index (κ1) is 20.1. The largest absolute Gasteiger partial charge is 0.336 e. The van der Waals surface area contributed by atoms with Crippen LogP contribution in [0.15, 0.2) is 18.2 Å². The highest BCUT2D eigenvalue weighted by Crippen LogP contribution is 2.31. The van der Waals surface area contributed by atoms with Crippen LogP contribution in [0.2, 0.25) is 0 Å². The minimum absolute atomic E-state index is 0.153. The van der Waals surface area contributed by atoms with E-state index in [0.717, 1.165) is 37.2 Å². The van der Waals surface area contributed by atoms with E-state index in [-0.39, 0.29) is 30.2 Å². The molecule has 9 heteroatoms. The summed E-state index contributed by atoms with van der Waals surface area (Å²) < 4.78 is 0. The Kier molecular flexibility index (Phi) is 5.02. The van der Waals surface area contributed by atoms with Gasteiger partial charge in [0, 0.05) is 44.7 Å². The highest BCUT2D eigenvalue weighted by molar-refractivity contribution is 6.05. The third-order valence-electron chi connectivity index (χ3n) is 7.04. The number of carbonyl (C=O) groups is 4. The topological polar surface area (TPSA) is 102 Å². The summed E-state index contributed by atoms with van der Waals surface area (Å²) in [6, 6.07) is 5.18. The first-order valence-corrected chi connectivity index (χ1v) is 10.9. The Bertz CT molecular complexity index is 959. The van der Waals surface area contributed by atoms with Gasteiger partial charge in [0.2, 0.25) is 17.7 Å². The number of likely N-dealkylation sites (N-methyl/N-ethyl adjacent to an activating group) is 1. The second-order valence-corrected chi connectivity index (χ2v) is 8.91. The molecule has 4 heterocycles. The Morgan fingerprint density at radius 2 is 1.90 bits per heavy atom. The van der Waals surface area contributed by atoms with Gasteiger partial charge in [-0.1, -0.05) is 12.1 Å². The first-order chi connectivity index (χ1) is 14.9. The van der Waals surface area contributed by atoms with Crippen molar-refractivity contribution in [2.75, 3.05) is 26.7 Å². The van der Waals surface area contributed by atoms with Crippen molar-refractivity contribution in [2.24, 2.45) is 0 Å². The Morgan fingerprint density at radius 1 is 1.10 bits per heavy atom. The third-order valence-corrected chi connectivity index (χ3v) is 7.04. The molecule has 1 aromatic rings. The lowest BCUT2D eigenvalue weighted by Gasteiger charge is -2.36. The van der Waals surface area contributed by atoms with Crippen LogP contribution in [0.4, 0.5) is 0 Å². The number of fused-ring (bicyclic) bond motifs is 1. The van der Waals surface area contributed by atoms with E-state index in [1.807, 2.05) is 24.1 Å².